The molecule has 3 aromatic carbocycles. The maximum atomic E-state index is 13.0. The molecule has 152 valence electrons. The first-order valence-corrected chi connectivity index (χ1v) is 10.1. The highest BCUT2D eigenvalue weighted by atomic mass is 79.9. The lowest BCUT2D eigenvalue weighted by Crippen LogP contribution is -2.31. The van der Waals surface area contributed by atoms with E-state index in [1.807, 2.05) is 24.3 Å². The Kier molecular flexibility index (Phi) is 7.27. The molecule has 5 nitrogen and oxygen atoms in total. The van der Waals surface area contributed by atoms with Gasteiger partial charge in [-0.3, -0.25) is 9.59 Å². The van der Waals surface area contributed by atoms with Crippen LogP contribution in [0.15, 0.2) is 83.0 Å². The number of hydrogen-bond acceptors (Lipinski definition) is 3. The van der Waals surface area contributed by atoms with Gasteiger partial charge in [0, 0.05) is 4.47 Å². The zero-order valence-electron chi connectivity index (χ0n) is 16.0. The van der Waals surface area contributed by atoms with Crippen LogP contribution in [0.25, 0.3) is 6.08 Å². The molecule has 0 fully saturated rings. The third kappa shape index (κ3) is 5.49. The summed E-state index contributed by atoms with van der Waals surface area (Å²) >= 11 is 9.51. The van der Waals surface area contributed by atoms with Gasteiger partial charge in [-0.25, -0.2) is 0 Å². The van der Waals surface area contributed by atoms with E-state index in [9.17, 15) is 9.59 Å². The second kappa shape index (κ2) is 10.1. The minimum Gasteiger partial charge on any atom is -0.495 e. The lowest BCUT2D eigenvalue weighted by atomic mass is 10.1. The number of amides is 2. The Morgan fingerprint density at radius 2 is 1.63 bits per heavy atom. The average Bonchev–Trinajstić information content (AvgIpc) is 2.75. The molecule has 0 aliphatic rings. The number of nitrogens with one attached hydrogen (secondary N) is 2. The van der Waals surface area contributed by atoms with Crippen molar-refractivity contribution in [3.8, 4) is 5.75 Å². The molecule has 3 aromatic rings. The van der Waals surface area contributed by atoms with Gasteiger partial charge in [0.05, 0.1) is 23.4 Å². The van der Waals surface area contributed by atoms with Gasteiger partial charge in [0.15, 0.2) is 0 Å². The van der Waals surface area contributed by atoms with Gasteiger partial charge in [0.2, 0.25) is 0 Å². The standard InChI is InChI=1S/C23H18BrClN2O3/c1-30-21-9-5-4-8-19(21)26-23(29)20(14-15-10-12-16(24)13-11-15)27-22(28)17-6-2-3-7-18(17)25/h2-14H,1H3,(H,26,29)(H,27,28)/b20-14-. The Balaban J connectivity index is 1.92. The number of hydrogen-bond donors (Lipinski definition) is 2. The number of carbonyl (C=O) groups excluding carboxylic acids is 2. The Labute approximate surface area is 187 Å². The SMILES string of the molecule is COc1ccccc1NC(=O)/C(=C/c1ccc(Br)cc1)NC(=O)c1ccccc1Cl. The van der Waals surface area contributed by atoms with Gasteiger partial charge in [-0.05, 0) is 48.0 Å². The normalized spacial score (nSPS) is 11.0. The van der Waals surface area contributed by atoms with Crippen molar-refractivity contribution in [1.29, 1.82) is 0 Å². The molecule has 2 N–H and O–H groups in total. The summed E-state index contributed by atoms with van der Waals surface area (Å²) in [6.07, 6.45) is 1.59. The van der Waals surface area contributed by atoms with E-state index < -0.39 is 11.8 Å². The molecular formula is C23H18BrClN2O3. The summed E-state index contributed by atoms with van der Waals surface area (Å²) in [6.45, 7) is 0. The van der Waals surface area contributed by atoms with E-state index in [2.05, 4.69) is 26.6 Å². The minimum absolute atomic E-state index is 0.0631. The van der Waals surface area contributed by atoms with Crippen LogP contribution in [0.2, 0.25) is 5.02 Å². The molecule has 0 spiro atoms. The van der Waals surface area contributed by atoms with E-state index in [4.69, 9.17) is 16.3 Å². The van der Waals surface area contributed by atoms with Crippen LogP contribution >= 0.6 is 27.5 Å². The summed E-state index contributed by atoms with van der Waals surface area (Å²) in [5.74, 6) is -0.478. The summed E-state index contributed by atoms with van der Waals surface area (Å²) in [5, 5.41) is 5.74. The van der Waals surface area contributed by atoms with E-state index in [0.29, 0.717) is 16.5 Å². The topological polar surface area (TPSA) is 67.4 Å². The Morgan fingerprint density at radius 3 is 2.33 bits per heavy atom. The van der Waals surface area contributed by atoms with Gasteiger partial charge in [-0.15, -0.1) is 0 Å². The summed E-state index contributed by atoms with van der Waals surface area (Å²) < 4.78 is 6.18. The maximum absolute atomic E-state index is 13.0. The van der Waals surface area contributed by atoms with E-state index in [0.717, 1.165) is 10.0 Å². The van der Waals surface area contributed by atoms with Crippen LogP contribution in [0.5, 0.6) is 5.75 Å². The second-order valence-corrected chi connectivity index (χ2v) is 7.52. The average molecular weight is 486 g/mol. The second-order valence-electron chi connectivity index (χ2n) is 6.20. The third-order valence-electron chi connectivity index (χ3n) is 4.15. The summed E-state index contributed by atoms with van der Waals surface area (Å²) in [5.41, 5.74) is 1.56. The molecule has 0 atom stereocenters. The fourth-order valence-electron chi connectivity index (χ4n) is 2.66. The molecule has 0 aliphatic heterocycles. The Bertz CT molecular complexity index is 1100. The molecular weight excluding hydrogens is 468 g/mol. The lowest BCUT2D eigenvalue weighted by Gasteiger charge is -2.14. The van der Waals surface area contributed by atoms with Gasteiger partial charge >= 0.3 is 0 Å². The molecule has 0 radical (unpaired) electrons. The van der Waals surface area contributed by atoms with Crippen molar-refractivity contribution in [3.05, 3.63) is 99.1 Å². The number of anilines is 1. The summed E-state index contributed by atoms with van der Waals surface area (Å²) in [6, 6.07) is 21.0. The quantitative estimate of drug-likeness (QED) is 0.452. The molecule has 3 rings (SSSR count). The first-order chi connectivity index (χ1) is 14.5. The van der Waals surface area contributed by atoms with E-state index >= 15 is 0 Å². The van der Waals surface area contributed by atoms with E-state index in [1.54, 1.807) is 54.6 Å². The molecule has 0 aromatic heterocycles. The number of benzene rings is 3. The van der Waals surface area contributed by atoms with Crippen molar-refractivity contribution in [3.63, 3.8) is 0 Å². The van der Waals surface area contributed by atoms with Crippen LogP contribution in [-0.2, 0) is 4.79 Å². The number of rotatable bonds is 6. The van der Waals surface area contributed by atoms with Crippen LogP contribution in [0.1, 0.15) is 15.9 Å². The third-order valence-corrected chi connectivity index (χ3v) is 5.01. The smallest absolute Gasteiger partial charge is 0.272 e. The summed E-state index contributed by atoms with van der Waals surface area (Å²) in [4.78, 5) is 25.8. The van der Waals surface area contributed by atoms with Crippen LogP contribution in [-0.4, -0.2) is 18.9 Å². The predicted molar refractivity (Wildman–Crippen MR) is 123 cm³/mol. The van der Waals surface area contributed by atoms with Gasteiger partial charge in [0.25, 0.3) is 11.8 Å². The van der Waals surface area contributed by atoms with Gasteiger partial charge in [0.1, 0.15) is 11.4 Å². The van der Waals surface area contributed by atoms with Crippen LogP contribution in [0.3, 0.4) is 0 Å². The van der Waals surface area contributed by atoms with Crippen LogP contribution in [0.4, 0.5) is 5.69 Å². The zero-order chi connectivity index (χ0) is 21.5. The fraction of sp³-hybridized carbons (Fsp3) is 0.0435. The minimum atomic E-state index is -0.497. The Morgan fingerprint density at radius 1 is 0.967 bits per heavy atom. The molecule has 0 heterocycles. The molecule has 7 heteroatoms. The van der Waals surface area contributed by atoms with E-state index in [-0.39, 0.29) is 11.3 Å². The predicted octanol–water partition coefficient (Wildman–Crippen LogP) is 5.52. The Hall–Kier alpha value is -3.09. The van der Waals surface area contributed by atoms with Crippen LogP contribution < -0.4 is 15.4 Å². The molecule has 0 unspecified atom stereocenters. The number of carbonyl (C=O) groups is 2. The van der Waals surface area contributed by atoms with Crippen molar-refractivity contribution in [2.45, 2.75) is 0 Å². The number of para-hydroxylation sites is 2. The number of methoxy groups -OCH3 is 1. The molecule has 2 amide bonds. The van der Waals surface area contributed by atoms with Gasteiger partial charge < -0.3 is 15.4 Å². The monoisotopic (exact) mass is 484 g/mol. The molecule has 0 bridgehead atoms. The molecule has 0 saturated heterocycles. The van der Waals surface area contributed by atoms with Crippen molar-refractivity contribution in [2.75, 3.05) is 12.4 Å². The molecule has 0 aliphatic carbocycles. The largest absolute Gasteiger partial charge is 0.495 e. The van der Waals surface area contributed by atoms with Crippen molar-refractivity contribution in [2.24, 2.45) is 0 Å². The maximum Gasteiger partial charge on any atom is 0.272 e. The van der Waals surface area contributed by atoms with Crippen LogP contribution in [0, 0.1) is 0 Å². The van der Waals surface area contributed by atoms with Gasteiger partial charge in [-0.2, -0.15) is 0 Å². The van der Waals surface area contributed by atoms with Crippen molar-refractivity contribution in [1.82, 2.24) is 5.32 Å². The molecule has 0 saturated carbocycles. The number of halogens is 2. The molecule has 30 heavy (non-hydrogen) atoms. The fourth-order valence-corrected chi connectivity index (χ4v) is 3.14. The highest BCUT2D eigenvalue weighted by molar-refractivity contribution is 9.10. The van der Waals surface area contributed by atoms with Crippen molar-refractivity contribution < 1.29 is 14.3 Å². The zero-order valence-corrected chi connectivity index (χ0v) is 18.3. The highest BCUT2D eigenvalue weighted by Crippen LogP contribution is 2.24. The number of ether oxygens (including phenoxy) is 1. The van der Waals surface area contributed by atoms with E-state index in [1.165, 1.54) is 7.11 Å². The van der Waals surface area contributed by atoms with Crippen molar-refractivity contribution >= 4 is 51.1 Å². The first kappa shape index (κ1) is 21.6. The first-order valence-electron chi connectivity index (χ1n) is 8.95. The highest BCUT2D eigenvalue weighted by Gasteiger charge is 2.17. The summed E-state index contributed by atoms with van der Waals surface area (Å²) in [7, 11) is 1.52. The lowest BCUT2D eigenvalue weighted by molar-refractivity contribution is -0.113. The van der Waals surface area contributed by atoms with Gasteiger partial charge in [-0.1, -0.05) is 63.9 Å².